The van der Waals surface area contributed by atoms with E-state index in [1.165, 1.54) is 0 Å². The van der Waals surface area contributed by atoms with Crippen LogP contribution in [0.5, 0.6) is 0 Å². The van der Waals surface area contributed by atoms with Crippen molar-refractivity contribution >= 4 is 6.09 Å². The summed E-state index contributed by atoms with van der Waals surface area (Å²) in [5.41, 5.74) is -0.499. The molecule has 0 aliphatic heterocycles. The molecule has 1 rings (SSSR count). The molecule has 0 fully saturated rings. The van der Waals surface area contributed by atoms with Gasteiger partial charge in [0.2, 0.25) is 0 Å². The van der Waals surface area contributed by atoms with Gasteiger partial charge in [-0.25, -0.2) is 4.79 Å². The van der Waals surface area contributed by atoms with Gasteiger partial charge in [0.25, 0.3) is 0 Å². The van der Waals surface area contributed by atoms with Crippen molar-refractivity contribution in [3.63, 3.8) is 0 Å². The second kappa shape index (κ2) is 4.00. The molecule has 1 amide bonds. The van der Waals surface area contributed by atoms with Crippen LogP contribution in [-0.2, 0) is 4.74 Å². The highest BCUT2D eigenvalue weighted by Crippen LogP contribution is 2.12. The summed E-state index contributed by atoms with van der Waals surface area (Å²) in [6, 6.07) is -0.246. The number of alkyl carbamates (subject to hydrolysis) is 1. The van der Waals surface area contributed by atoms with Crippen LogP contribution in [0.1, 0.15) is 27.2 Å². The fourth-order valence-corrected chi connectivity index (χ4v) is 1.24. The van der Waals surface area contributed by atoms with Gasteiger partial charge in [-0.15, -0.1) is 0 Å². The fourth-order valence-electron chi connectivity index (χ4n) is 1.24. The highest BCUT2D eigenvalue weighted by Gasteiger charge is 2.24. The first kappa shape index (κ1) is 11.0. The van der Waals surface area contributed by atoms with Gasteiger partial charge in [0.05, 0.1) is 12.1 Å². The van der Waals surface area contributed by atoms with Crippen molar-refractivity contribution in [2.45, 2.75) is 44.9 Å². The molecular weight excluding hydrogens is 182 g/mol. The Morgan fingerprint density at radius 1 is 1.57 bits per heavy atom. The van der Waals surface area contributed by atoms with Crippen molar-refractivity contribution in [2.24, 2.45) is 0 Å². The Bertz CT molecular complexity index is 242. The molecule has 0 bridgehead atoms. The third kappa shape index (κ3) is 3.38. The second-order valence-corrected chi connectivity index (χ2v) is 4.41. The predicted octanol–water partition coefficient (Wildman–Crippen LogP) is 1.20. The number of nitrogens with one attached hydrogen (secondary N) is 1. The van der Waals surface area contributed by atoms with Crippen LogP contribution >= 0.6 is 0 Å². The first-order valence-electron chi connectivity index (χ1n) is 4.73. The zero-order valence-electron chi connectivity index (χ0n) is 8.78. The highest BCUT2D eigenvalue weighted by molar-refractivity contribution is 5.68. The monoisotopic (exact) mass is 199 g/mol. The van der Waals surface area contributed by atoms with E-state index in [1.807, 2.05) is 6.08 Å². The van der Waals surface area contributed by atoms with Crippen LogP contribution in [0.4, 0.5) is 4.79 Å². The van der Waals surface area contributed by atoms with E-state index >= 15 is 0 Å². The Hall–Kier alpha value is -1.03. The van der Waals surface area contributed by atoms with Gasteiger partial charge in [0.1, 0.15) is 5.60 Å². The standard InChI is InChI=1S/C10H17NO3/c1-10(2,3)14-9(13)11-7-5-4-6-8(7)12/h4,6-8,12H,5H2,1-3H3,(H,11,13)/t7-,8+/m1/s1. The van der Waals surface area contributed by atoms with Crippen molar-refractivity contribution < 1.29 is 14.6 Å². The largest absolute Gasteiger partial charge is 0.444 e. The van der Waals surface area contributed by atoms with Crippen molar-refractivity contribution in [1.29, 1.82) is 0 Å². The maximum atomic E-state index is 11.3. The summed E-state index contributed by atoms with van der Waals surface area (Å²) >= 11 is 0. The molecule has 0 aromatic carbocycles. The van der Waals surface area contributed by atoms with Crippen LogP contribution in [-0.4, -0.2) is 28.9 Å². The Labute approximate surface area is 83.9 Å². The summed E-state index contributed by atoms with van der Waals surface area (Å²) in [5.74, 6) is 0. The number of hydrogen-bond donors (Lipinski definition) is 2. The smallest absolute Gasteiger partial charge is 0.407 e. The summed E-state index contributed by atoms with van der Waals surface area (Å²) in [6.07, 6.45) is 3.09. The van der Waals surface area contributed by atoms with Gasteiger partial charge in [0.15, 0.2) is 0 Å². The Balaban J connectivity index is 2.35. The number of ether oxygens (including phenoxy) is 1. The van der Waals surface area contributed by atoms with Crippen LogP contribution in [0.15, 0.2) is 12.2 Å². The van der Waals surface area contributed by atoms with Crippen molar-refractivity contribution in [2.75, 3.05) is 0 Å². The van der Waals surface area contributed by atoms with Crippen LogP contribution < -0.4 is 5.32 Å². The van der Waals surface area contributed by atoms with Crippen molar-refractivity contribution in [3.05, 3.63) is 12.2 Å². The van der Waals surface area contributed by atoms with Gasteiger partial charge in [-0.05, 0) is 27.2 Å². The Morgan fingerprint density at radius 3 is 2.64 bits per heavy atom. The van der Waals surface area contributed by atoms with Crippen LogP contribution in [0.3, 0.4) is 0 Å². The summed E-state index contributed by atoms with van der Waals surface area (Å²) in [7, 11) is 0. The highest BCUT2D eigenvalue weighted by atomic mass is 16.6. The third-order valence-corrected chi connectivity index (χ3v) is 1.84. The van der Waals surface area contributed by atoms with Crippen LogP contribution in [0, 0.1) is 0 Å². The summed E-state index contributed by atoms with van der Waals surface area (Å²) in [6.45, 7) is 5.40. The second-order valence-electron chi connectivity index (χ2n) is 4.41. The lowest BCUT2D eigenvalue weighted by atomic mass is 10.2. The fraction of sp³-hybridized carbons (Fsp3) is 0.700. The molecule has 0 spiro atoms. The molecule has 4 heteroatoms. The molecule has 1 aliphatic rings. The molecule has 1 aliphatic carbocycles. The van der Waals surface area contributed by atoms with Gasteiger partial charge in [-0.3, -0.25) is 0 Å². The minimum Gasteiger partial charge on any atom is -0.444 e. The average Bonchev–Trinajstić information content (AvgIpc) is 2.32. The lowest BCUT2D eigenvalue weighted by Crippen LogP contribution is -2.42. The van der Waals surface area contributed by atoms with E-state index in [1.54, 1.807) is 26.8 Å². The van der Waals surface area contributed by atoms with E-state index in [4.69, 9.17) is 4.74 Å². The molecule has 4 nitrogen and oxygen atoms in total. The first-order chi connectivity index (χ1) is 6.38. The number of amides is 1. The lowest BCUT2D eigenvalue weighted by molar-refractivity contribution is 0.0464. The average molecular weight is 199 g/mol. The van der Waals surface area contributed by atoms with E-state index in [2.05, 4.69) is 5.32 Å². The van der Waals surface area contributed by atoms with Crippen molar-refractivity contribution in [3.8, 4) is 0 Å². The quantitative estimate of drug-likeness (QED) is 0.624. The summed E-state index contributed by atoms with van der Waals surface area (Å²) in [5, 5.41) is 12.0. The maximum Gasteiger partial charge on any atom is 0.407 e. The minimum absolute atomic E-state index is 0.246. The molecule has 0 saturated heterocycles. The molecule has 0 radical (unpaired) electrons. The molecule has 0 aromatic rings. The molecule has 0 heterocycles. The van der Waals surface area contributed by atoms with Crippen LogP contribution in [0.2, 0.25) is 0 Å². The normalized spacial score (nSPS) is 26.3. The lowest BCUT2D eigenvalue weighted by Gasteiger charge is -2.22. The van der Waals surface area contributed by atoms with Gasteiger partial charge >= 0.3 is 6.09 Å². The minimum atomic E-state index is -0.595. The molecule has 80 valence electrons. The Morgan fingerprint density at radius 2 is 2.21 bits per heavy atom. The third-order valence-electron chi connectivity index (χ3n) is 1.84. The number of carbonyl (C=O) groups is 1. The number of hydrogen-bond acceptors (Lipinski definition) is 3. The molecule has 0 unspecified atom stereocenters. The predicted molar refractivity (Wildman–Crippen MR) is 52.9 cm³/mol. The Kier molecular flexibility index (Phi) is 3.16. The molecule has 2 atom stereocenters. The summed E-state index contributed by atoms with van der Waals surface area (Å²) < 4.78 is 5.06. The maximum absolute atomic E-state index is 11.3. The van der Waals surface area contributed by atoms with Gasteiger partial charge in [-0.1, -0.05) is 12.2 Å². The number of carbonyl (C=O) groups excluding carboxylic acids is 1. The molecule has 0 saturated carbocycles. The van der Waals surface area contributed by atoms with Crippen molar-refractivity contribution in [1.82, 2.24) is 5.32 Å². The number of rotatable bonds is 1. The van der Waals surface area contributed by atoms with Gasteiger partial charge < -0.3 is 15.2 Å². The zero-order chi connectivity index (χ0) is 10.8. The molecule has 14 heavy (non-hydrogen) atoms. The molecule has 0 aromatic heterocycles. The van der Waals surface area contributed by atoms with E-state index in [-0.39, 0.29) is 6.04 Å². The molecule has 2 N–H and O–H groups in total. The number of aliphatic hydroxyl groups excluding tert-OH is 1. The van der Waals surface area contributed by atoms with E-state index in [0.717, 1.165) is 0 Å². The summed E-state index contributed by atoms with van der Waals surface area (Å²) in [4.78, 5) is 11.3. The first-order valence-corrected chi connectivity index (χ1v) is 4.73. The van der Waals surface area contributed by atoms with Gasteiger partial charge in [0, 0.05) is 0 Å². The van der Waals surface area contributed by atoms with Gasteiger partial charge in [-0.2, -0.15) is 0 Å². The van der Waals surface area contributed by atoms with Crippen LogP contribution in [0.25, 0.3) is 0 Å². The topological polar surface area (TPSA) is 58.6 Å². The van der Waals surface area contributed by atoms with E-state index in [9.17, 15) is 9.90 Å². The SMILES string of the molecule is CC(C)(C)OC(=O)N[C@@H]1CC=C[C@@H]1O. The zero-order valence-corrected chi connectivity index (χ0v) is 8.78. The van der Waals surface area contributed by atoms with E-state index < -0.39 is 17.8 Å². The molecular formula is C10H17NO3. The van der Waals surface area contributed by atoms with E-state index in [0.29, 0.717) is 6.42 Å². The number of aliphatic hydroxyl groups is 1.